The van der Waals surface area contributed by atoms with Crippen molar-refractivity contribution >= 4 is 0 Å². The number of pyridine rings is 1. The average molecular weight is 493 g/mol. The fourth-order valence-electron chi connectivity index (χ4n) is 5.02. The van der Waals surface area contributed by atoms with Crippen LogP contribution in [0.2, 0.25) is 0 Å². The Balaban J connectivity index is 1.67. The van der Waals surface area contributed by atoms with Gasteiger partial charge in [-0.25, -0.2) is 0 Å². The molecule has 0 amide bonds. The molecule has 2 heterocycles. The molecule has 186 valence electrons. The lowest BCUT2D eigenvalue weighted by Gasteiger charge is -2.38. The summed E-state index contributed by atoms with van der Waals surface area (Å²) in [6.45, 7) is 4.71. The molecule has 1 unspecified atom stereocenters. The number of hydrogen-bond donors (Lipinski definition) is 0. The fourth-order valence-corrected chi connectivity index (χ4v) is 5.02. The zero-order valence-corrected chi connectivity index (χ0v) is 20.2. The van der Waals surface area contributed by atoms with Gasteiger partial charge in [0.25, 0.3) is 0 Å². The number of rotatable bonds is 8. The fraction of sp³-hybridized carbons (Fsp3) is 0.333. The molecule has 36 heavy (non-hydrogen) atoms. The first-order chi connectivity index (χ1) is 17.3. The average Bonchev–Trinajstić information content (AvgIpc) is 3.55. The van der Waals surface area contributed by atoms with Gasteiger partial charge in [-0.3, -0.25) is 9.88 Å². The van der Waals surface area contributed by atoms with E-state index in [1.807, 2.05) is 43.3 Å². The smallest absolute Gasteiger partial charge is 0.280 e. The number of tetrazole rings is 1. The molecule has 6 nitrogen and oxygen atoms in total. The molecular weight excluding hydrogens is 465 g/mol. The third-order valence-electron chi connectivity index (χ3n) is 6.86. The van der Waals surface area contributed by atoms with E-state index in [0.29, 0.717) is 17.9 Å². The summed E-state index contributed by atoms with van der Waals surface area (Å²) < 4.78 is 42.5. The predicted octanol–water partition coefficient (Wildman–Crippen LogP) is 5.88. The molecule has 0 saturated heterocycles. The van der Waals surface area contributed by atoms with Crippen LogP contribution in [-0.2, 0) is 11.7 Å². The van der Waals surface area contributed by atoms with Gasteiger partial charge in [0.2, 0.25) is 0 Å². The van der Waals surface area contributed by atoms with Crippen LogP contribution >= 0.6 is 0 Å². The molecule has 1 atom stereocenters. The first-order valence-corrected chi connectivity index (χ1v) is 12.0. The molecule has 0 N–H and O–H groups in total. The quantitative estimate of drug-likeness (QED) is 0.308. The highest BCUT2D eigenvalue weighted by Crippen LogP contribution is 2.55. The Hall–Kier alpha value is -3.59. The van der Waals surface area contributed by atoms with Crippen LogP contribution in [0.3, 0.4) is 0 Å². The minimum absolute atomic E-state index is 0.412. The van der Waals surface area contributed by atoms with E-state index < -0.39 is 23.3 Å². The monoisotopic (exact) mass is 492 g/mol. The zero-order chi connectivity index (χ0) is 25.3. The SMILES string of the molecule is CCCN(C(c1cccnc1)c1nnnn1-c1ccccc1C)C1(c2cccc(C(F)(F)F)c2)CC1. The predicted molar refractivity (Wildman–Crippen MR) is 129 cm³/mol. The van der Waals surface area contributed by atoms with E-state index in [1.165, 1.54) is 12.1 Å². The van der Waals surface area contributed by atoms with E-state index in [-0.39, 0.29) is 0 Å². The van der Waals surface area contributed by atoms with Crippen molar-refractivity contribution in [2.24, 2.45) is 0 Å². The molecule has 4 aromatic rings. The van der Waals surface area contributed by atoms with Crippen molar-refractivity contribution in [2.75, 3.05) is 6.54 Å². The molecule has 1 saturated carbocycles. The summed E-state index contributed by atoms with van der Waals surface area (Å²) >= 11 is 0. The molecule has 5 rings (SSSR count). The summed E-state index contributed by atoms with van der Waals surface area (Å²) in [5.41, 5.74) is 2.22. The molecule has 1 aliphatic carbocycles. The van der Waals surface area contributed by atoms with Crippen molar-refractivity contribution in [3.05, 3.63) is 101 Å². The Kier molecular flexibility index (Phi) is 6.34. The van der Waals surface area contributed by atoms with Crippen LogP contribution in [0.25, 0.3) is 5.69 Å². The summed E-state index contributed by atoms with van der Waals surface area (Å²) in [5, 5.41) is 12.8. The largest absolute Gasteiger partial charge is 0.416 e. The van der Waals surface area contributed by atoms with Crippen molar-refractivity contribution in [1.82, 2.24) is 30.1 Å². The highest BCUT2D eigenvalue weighted by atomic mass is 19.4. The van der Waals surface area contributed by atoms with Crippen LogP contribution in [0, 0.1) is 6.92 Å². The lowest BCUT2D eigenvalue weighted by molar-refractivity contribution is -0.137. The number of para-hydroxylation sites is 1. The van der Waals surface area contributed by atoms with Crippen LogP contribution in [0.4, 0.5) is 13.2 Å². The van der Waals surface area contributed by atoms with Gasteiger partial charge >= 0.3 is 6.18 Å². The summed E-state index contributed by atoms with van der Waals surface area (Å²) in [6.07, 6.45) is 1.39. The van der Waals surface area contributed by atoms with Gasteiger partial charge in [-0.05, 0) is 84.1 Å². The van der Waals surface area contributed by atoms with E-state index in [1.54, 1.807) is 23.1 Å². The zero-order valence-electron chi connectivity index (χ0n) is 20.2. The van der Waals surface area contributed by atoms with Crippen molar-refractivity contribution in [3.63, 3.8) is 0 Å². The molecule has 9 heteroatoms. The second-order valence-corrected chi connectivity index (χ2v) is 9.23. The number of benzene rings is 2. The van der Waals surface area contributed by atoms with Crippen molar-refractivity contribution < 1.29 is 13.2 Å². The van der Waals surface area contributed by atoms with Gasteiger partial charge in [0, 0.05) is 17.9 Å². The van der Waals surface area contributed by atoms with E-state index in [0.717, 1.165) is 42.1 Å². The van der Waals surface area contributed by atoms with Crippen molar-refractivity contribution in [2.45, 2.75) is 50.9 Å². The van der Waals surface area contributed by atoms with Crippen LogP contribution in [0.5, 0.6) is 0 Å². The maximum absolute atomic E-state index is 13.6. The van der Waals surface area contributed by atoms with Gasteiger partial charge in [-0.1, -0.05) is 43.3 Å². The summed E-state index contributed by atoms with van der Waals surface area (Å²) in [4.78, 5) is 6.61. The molecular formula is C27H27F3N6. The Morgan fingerprint density at radius 1 is 1.06 bits per heavy atom. The Labute approximate surface area is 207 Å². The molecule has 1 aliphatic rings. The number of aromatic nitrogens is 5. The van der Waals surface area contributed by atoms with Crippen LogP contribution in [-0.4, -0.2) is 36.6 Å². The normalized spacial score (nSPS) is 15.7. The first kappa shape index (κ1) is 24.1. The van der Waals surface area contributed by atoms with Gasteiger partial charge < -0.3 is 0 Å². The van der Waals surface area contributed by atoms with E-state index in [9.17, 15) is 13.2 Å². The molecule has 0 bridgehead atoms. The summed E-state index contributed by atoms with van der Waals surface area (Å²) in [7, 11) is 0. The Morgan fingerprint density at radius 3 is 2.53 bits per heavy atom. The number of hydrogen-bond acceptors (Lipinski definition) is 5. The number of halogens is 3. The molecule has 2 aromatic heterocycles. The third kappa shape index (κ3) is 4.39. The standard InChI is InChI=1S/C27H27F3N6/c1-3-16-35(26(13-14-26)21-10-6-11-22(17-21)27(28,29)30)24(20-9-7-15-31-18-20)25-32-33-34-36(25)23-12-5-4-8-19(23)2/h4-12,15,17-18,24H,3,13-14,16H2,1-2H3. The van der Waals surface area contributed by atoms with Crippen LogP contribution < -0.4 is 0 Å². The third-order valence-corrected chi connectivity index (χ3v) is 6.86. The highest BCUT2D eigenvalue weighted by molar-refractivity contribution is 5.42. The van der Waals surface area contributed by atoms with E-state index in [2.05, 4.69) is 32.3 Å². The van der Waals surface area contributed by atoms with Gasteiger partial charge in [-0.2, -0.15) is 17.9 Å². The first-order valence-electron chi connectivity index (χ1n) is 12.0. The van der Waals surface area contributed by atoms with Crippen LogP contribution in [0.15, 0.2) is 73.1 Å². The Bertz CT molecular complexity index is 1330. The minimum Gasteiger partial charge on any atom is -0.280 e. The Morgan fingerprint density at radius 2 is 1.86 bits per heavy atom. The molecule has 0 spiro atoms. The number of alkyl halides is 3. The lowest BCUT2D eigenvalue weighted by Crippen LogP contribution is -2.41. The number of nitrogens with zero attached hydrogens (tertiary/aromatic N) is 6. The maximum Gasteiger partial charge on any atom is 0.416 e. The second-order valence-electron chi connectivity index (χ2n) is 9.23. The van der Waals surface area contributed by atoms with Gasteiger partial charge in [0.05, 0.1) is 17.3 Å². The molecule has 1 fully saturated rings. The highest BCUT2D eigenvalue weighted by Gasteiger charge is 2.53. The van der Waals surface area contributed by atoms with Gasteiger partial charge in [0.1, 0.15) is 0 Å². The number of aryl methyl sites for hydroxylation is 1. The molecule has 2 aromatic carbocycles. The lowest BCUT2D eigenvalue weighted by atomic mass is 9.95. The minimum atomic E-state index is -4.40. The van der Waals surface area contributed by atoms with Crippen molar-refractivity contribution in [3.8, 4) is 5.69 Å². The molecule has 0 radical (unpaired) electrons. The van der Waals surface area contributed by atoms with E-state index in [4.69, 9.17) is 0 Å². The second kappa shape index (κ2) is 9.46. The summed E-state index contributed by atoms with van der Waals surface area (Å²) in [6, 6.07) is 17.0. The molecule has 0 aliphatic heterocycles. The van der Waals surface area contributed by atoms with E-state index >= 15 is 0 Å². The summed E-state index contributed by atoms with van der Waals surface area (Å²) in [5.74, 6) is 0.601. The van der Waals surface area contributed by atoms with Gasteiger partial charge in [0.15, 0.2) is 5.82 Å². The van der Waals surface area contributed by atoms with Crippen LogP contribution in [0.1, 0.15) is 60.3 Å². The van der Waals surface area contributed by atoms with Gasteiger partial charge in [-0.15, -0.1) is 5.10 Å². The topological polar surface area (TPSA) is 59.7 Å². The van der Waals surface area contributed by atoms with Crippen molar-refractivity contribution in [1.29, 1.82) is 0 Å². The maximum atomic E-state index is 13.6.